The van der Waals surface area contributed by atoms with Crippen LogP contribution in [0.1, 0.15) is 50.3 Å². The summed E-state index contributed by atoms with van der Waals surface area (Å²) in [5.74, 6) is 0.261. The van der Waals surface area contributed by atoms with Gasteiger partial charge >= 0.3 is 0 Å². The van der Waals surface area contributed by atoms with Gasteiger partial charge in [-0.25, -0.2) is 0 Å². The zero-order valence-corrected chi connectivity index (χ0v) is 17.7. The minimum atomic E-state index is -0.0663. The van der Waals surface area contributed by atoms with E-state index in [1.165, 1.54) is 5.57 Å². The summed E-state index contributed by atoms with van der Waals surface area (Å²) in [4.78, 5) is 0. The number of phenols is 1. The molecule has 0 bridgehead atoms. The van der Waals surface area contributed by atoms with Crippen LogP contribution in [0, 0.1) is 5.41 Å². The van der Waals surface area contributed by atoms with E-state index >= 15 is 0 Å². The Bertz CT molecular complexity index is 883. The molecule has 0 amide bonds. The van der Waals surface area contributed by atoms with Crippen LogP contribution in [-0.4, -0.2) is 5.11 Å². The summed E-state index contributed by atoms with van der Waals surface area (Å²) in [6.45, 7) is 10.4. The van der Waals surface area contributed by atoms with Gasteiger partial charge in [-0.2, -0.15) is 0 Å². The predicted molar refractivity (Wildman–Crippen MR) is 124 cm³/mol. The first-order valence-corrected chi connectivity index (χ1v) is 9.92. The summed E-state index contributed by atoms with van der Waals surface area (Å²) < 4.78 is 0. The molecule has 2 rings (SSSR count). The van der Waals surface area contributed by atoms with Gasteiger partial charge in [0.15, 0.2) is 0 Å². The minimum absolute atomic E-state index is 0.0663. The average Bonchev–Trinajstić information content (AvgIpc) is 2.67. The van der Waals surface area contributed by atoms with E-state index in [0.717, 1.165) is 29.5 Å². The maximum Gasteiger partial charge on any atom is 0.122 e. The third kappa shape index (κ3) is 6.90. The van der Waals surface area contributed by atoms with E-state index in [-0.39, 0.29) is 11.2 Å². The molecule has 0 unspecified atom stereocenters. The Morgan fingerprint density at radius 3 is 2.36 bits per heavy atom. The second-order valence-corrected chi connectivity index (χ2v) is 8.00. The van der Waals surface area contributed by atoms with E-state index in [2.05, 4.69) is 45.6 Å². The number of halogens is 1. The lowest BCUT2D eigenvalue weighted by atomic mass is 9.84. The van der Waals surface area contributed by atoms with Crippen LogP contribution in [0.25, 0.3) is 18.2 Å². The van der Waals surface area contributed by atoms with Gasteiger partial charge < -0.3 is 5.11 Å². The van der Waals surface area contributed by atoms with Gasteiger partial charge in [0.1, 0.15) is 5.75 Å². The molecule has 0 radical (unpaired) electrons. The Morgan fingerprint density at radius 2 is 1.71 bits per heavy atom. The molecule has 0 saturated carbocycles. The molecule has 1 atom stereocenters. The molecule has 0 fully saturated rings. The van der Waals surface area contributed by atoms with E-state index in [4.69, 9.17) is 11.6 Å². The Labute approximate surface area is 174 Å². The van der Waals surface area contributed by atoms with E-state index in [1.807, 2.05) is 54.6 Å². The number of benzene rings is 2. The fourth-order valence-corrected chi connectivity index (χ4v) is 2.91. The smallest absolute Gasteiger partial charge is 0.122 e. The molecule has 2 aromatic carbocycles. The van der Waals surface area contributed by atoms with Gasteiger partial charge in [0.05, 0.1) is 0 Å². The molecule has 0 aliphatic rings. The number of hydrogen-bond donors (Lipinski definition) is 1. The van der Waals surface area contributed by atoms with Crippen molar-refractivity contribution < 1.29 is 5.11 Å². The number of phenolic OH excluding ortho intramolecular Hbond substituents is 1. The molecule has 0 spiro atoms. The summed E-state index contributed by atoms with van der Waals surface area (Å²) in [6, 6.07) is 13.2. The second kappa shape index (κ2) is 10.1. The van der Waals surface area contributed by atoms with Crippen LogP contribution < -0.4 is 0 Å². The first-order valence-electron chi connectivity index (χ1n) is 9.54. The van der Waals surface area contributed by atoms with E-state index in [1.54, 1.807) is 6.07 Å². The van der Waals surface area contributed by atoms with Gasteiger partial charge in [-0.1, -0.05) is 78.8 Å². The van der Waals surface area contributed by atoms with Crippen molar-refractivity contribution in [3.63, 3.8) is 0 Å². The van der Waals surface area contributed by atoms with Crippen molar-refractivity contribution in [2.45, 2.75) is 33.6 Å². The molecule has 146 valence electrons. The van der Waals surface area contributed by atoms with Gasteiger partial charge in [0.25, 0.3) is 0 Å². The first kappa shape index (κ1) is 21.8. The molecule has 1 N–H and O–H groups in total. The van der Waals surface area contributed by atoms with Crippen molar-refractivity contribution in [2.24, 2.45) is 5.41 Å². The average molecular weight is 393 g/mol. The zero-order chi connectivity index (χ0) is 20.6. The van der Waals surface area contributed by atoms with Crippen molar-refractivity contribution in [3.05, 3.63) is 94.6 Å². The quantitative estimate of drug-likeness (QED) is 0.354. The highest BCUT2D eigenvalue weighted by atomic mass is 35.5. The Kier molecular flexibility index (Phi) is 7.90. The molecule has 0 aliphatic heterocycles. The maximum absolute atomic E-state index is 10.2. The van der Waals surface area contributed by atoms with Crippen LogP contribution >= 0.6 is 11.6 Å². The SMILES string of the molecule is C=C[C@@](C)(/C=C/c1ccc(O)c(/C=C/c2ccc(Cl)cc2)c1)CCC=C(C)C. The minimum Gasteiger partial charge on any atom is -0.507 e. The Morgan fingerprint density at radius 1 is 1.04 bits per heavy atom. The lowest BCUT2D eigenvalue weighted by Gasteiger charge is -2.20. The molecule has 0 saturated heterocycles. The molecule has 2 heteroatoms. The van der Waals surface area contributed by atoms with Gasteiger partial charge in [0, 0.05) is 16.0 Å². The van der Waals surface area contributed by atoms with Crippen LogP contribution in [0.15, 0.2) is 72.8 Å². The molecule has 0 heterocycles. The maximum atomic E-state index is 10.2. The number of allylic oxidation sites excluding steroid dienone is 4. The van der Waals surface area contributed by atoms with Crippen molar-refractivity contribution in [1.29, 1.82) is 0 Å². The normalized spacial score (nSPS) is 13.6. The lowest BCUT2D eigenvalue weighted by Crippen LogP contribution is -2.08. The van der Waals surface area contributed by atoms with Gasteiger partial charge in [-0.3, -0.25) is 0 Å². The second-order valence-electron chi connectivity index (χ2n) is 7.57. The fourth-order valence-electron chi connectivity index (χ4n) is 2.78. The largest absolute Gasteiger partial charge is 0.507 e. The van der Waals surface area contributed by atoms with Crippen LogP contribution in [0.3, 0.4) is 0 Å². The summed E-state index contributed by atoms with van der Waals surface area (Å²) >= 11 is 5.92. The van der Waals surface area contributed by atoms with Gasteiger partial charge in [-0.15, -0.1) is 6.58 Å². The third-order valence-electron chi connectivity index (χ3n) is 4.74. The van der Waals surface area contributed by atoms with E-state index in [0.29, 0.717) is 5.02 Å². The van der Waals surface area contributed by atoms with Crippen molar-refractivity contribution in [3.8, 4) is 5.75 Å². The monoisotopic (exact) mass is 392 g/mol. The van der Waals surface area contributed by atoms with Gasteiger partial charge in [0.2, 0.25) is 0 Å². The molecule has 0 aromatic heterocycles. The third-order valence-corrected chi connectivity index (χ3v) is 4.99. The van der Waals surface area contributed by atoms with Crippen LogP contribution in [0.5, 0.6) is 5.75 Å². The van der Waals surface area contributed by atoms with Crippen molar-refractivity contribution in [2.75, 3.05) is 0 Å². The Balaban J connectivity index is 2.16. The summed E-state index contributed by atoms with van der Waals surface area (Å²) in [7, 11) is 0. The first-order chi connectivity index (χ1) is 13.3. The molecule has 1 nitrogen and oxygen atoms in total. The summed E-state index contributed by atoms with van der Waals surface area (Å²) in [5.41, 5.74) is 4.13. The van der Waals surface area contributed by atoms with E-state index < -0.39 is 0 Å². The highest BCUT2D eigenvalue weighted by Gasteiger charge is 2.15. The topological polar surface area (TPSA) is 20.2 Å². The number of aromatic hydroxyl groups is 1. The van der Waals surface area contributed by atoms with Crippen LogP contribution in [0.2, 0.25) is 5.02 Å². The van der Waals surface area contributed by atoms with Crippen molar-refractivity contribution in [1.82, 2.24) is 0 Å². The highest BCUT2D eigenvalue weighted by Crippen LogP contribution is 2.29. The van der Waals surface area contributed by atoms with E-state index in [9.17, 15) is 5.11 Å². The van der Waals surface area contributed by atoms with Crippen LogP contribution in [-0.2, 0) is 0 Å². The van der Waals surface area contributed by atoms with Crippen LogP contribution in [0.4, 0.5) is 0 Å². The molecular weight excluding hydrogens is 364 g/mol. The number of rotatable bonds is 8. The standard InChI is InChI=1S/C26H29ClO/c1-5-26(4,17-6-7-20(2)3)18-16-22-11-15-25(28)23(19-22)12-8-21-9-13-24(27)14-10-21/h5,7-16,18-19,28H,1,6,17H2,2-4H3/b12-8+,18-16+/t26-/m1/s1. The molecule has 2 aromatic rings. The number of hydrogen-bond acceptors (Lipinski definition) is 1. The predicted octanol–water partition coefficient (Wildman–Crippen LogP) is 8.17. The summed E-state index contributed by atoms with van der Waals surface area (Å²) in [6.07, 6.45) is 14.5. The fraction of sp³-hybridized carbons (Fsp3) is 0.231. The lowest BCUT2D eigenvalue weighted by molar-refractivity contribution is 0.474. The molecular formula is C26H29ClO. The zero-order valence-electron chi connectivity index (χ0n) is 17.0. The highest BCUT2D eigenvalue weighted by molar-refractivity contribution is 6.30. The van der Waals surface area contributed by atoms with Crippen molar-refractivity contribution >= 4 is 29.8 Å². The Hall–Kier alpha value is -2.51. The molecule has 0 aliphatic carbocycles. The molecule has 28 heavy (non-hydrogen) atoms. The summed E-state index contributed by atoms with van der Waals surface area (Å²) in [5, 5.41) is 10.9. The van der Waals surface area contributed by atoms with Gasteiger partial charge in [-0.05, 0) is 62.1 Å².